The quantitative estimate of drug-likeness (QED) is 0.400. The summed E-state index contributed by atoms with van der Waals surface area (Å²) in [6.45, 7) is 5.36. The van der Waals surface area contributed by atoms with Crippen LogP contribution in [0.1, 0.15) is 13.3 Å². The zero-order chi connectivity index (χ0) is 6.24. The molecular formula is C7H10O. The van der Waals surface area contributed by atoms with E-state index in [1.807, 2.05) is 13.0 Å². The van der Waals surface area contributed by atoms with Crippen molar-refractivity contribution in [2.24, 2.45) is 0 Å². The molecule has 1 heteroatoms. The van der Waals surface area contributed by atoms with Gasteiger partial charge in [-0.3, -0.25) is 0 Å². The van der Waals surface area contributed by atoms with Crippen LogP contribution in [-0.4, -0.2) is 0 Å². The Balaban J connectivity index is 3.15. The molecule has 0 unspecified atom stereocenters. The van der Waals surface area contributed by atoms with Crippen molar-refractivity contribution in [2.75, 3.05) is 0 Å². The first-order valence-electron chi connectivity index (χ1n) is 2.56. The molecule has 0 saturated carbocycles. The van der Waals surface area contributed by atoms with E-state index >= 15 is 0 Å². The van der Waals surface area contributed by atoms with Crippen molar-refractivity contribution in [3.63, 3.8) is 0 Å². The minimum atomic E-state index is 0.991. The van der Waals surface area contributed by atoms with Gasteiger partial charge in [0.05, 0.1) is 6.26 Å². The van der Waals surface area contributed by atoms with Gasteiger partial charge in [-0.05, 0) is 12.5 Å². The van der Waals surface area contributed by atoms with Gasteiger partial charge >= 0.3 is 0 Å². The van der Waals surface area contributed by atoms with E-state index in [9.17, 15) is 0 Å². The highest BCUT2D eigenvalue weighted by atomic mass is 16.5. The third kappa shape index (κ3) is 5.06. The Morgan fingerprint density at radius 2 is 2.50 bits per heavy atom. The summed E-state index contributed by atoms with van der Waals surface area (Å²) in [6, 6.07) is 0. The maximum atomic E-state index is 4.74. The SMILES string of the molecule is C=C=COC=CCC. The molecule has 0 aliphatic heterocycles. The molecule has 0 fully saturated rings. The summed E-state index contributed by atoms with van der Waals surface area (Å²) in [4.78, 5) is 0. The third-order valence-corrected chi connectivity index (χ3v) is 0.562. The highest BCUT2D eigenvalue weighted by molar-refractivity contribution is 4.75. The first-order valence-corrected chi connectivity index (χ1v) is 2.56. The standard InChI is InChI=1S/C7H10O/c1-3-5-7-8-6-4-2/h5-7H,2-3H2,1H3. The second-order valence-corrected chi connectivity index (χ2v) is 1.24. The predicted octanol–water partition coefficient (Wildman–Crippen LogP) is 2.23. The summed E-state index contributed by atoms with van der Waals surface area (Å²) in [5, 5.41) is 0. The fourth-order valence-electron chi connectivity index (χ4n) is 0.239. The smallest absolute Gasteiger partial charge is 0.132 e. The summed E-state index contributed by atoms with van der Waals surface area (Å²) < 4.78 is 4.74. The molecule has 0 aliphatic rings. The normalized spacial score (nSPS) is 8.62. The van der Waals surface area contributed by atoms with Crippen LogP contribution >= 0.6 is 0 Å². The van der Waals surface area contributed by atoms with Crippen molar-refractivity contribution in [2.45, 2.75) is 13.3 Å². The molecule has 8 heavy (non-hydrogen) atoms. The van der Waals surface area contributed by atoms with Crippen LogP contribution in [0.15, 0.2) is 30.9 Å². The van der Waals surface area contributed by atoms with Crippen LogP contribution in [0.5, 0.6) is 0 Å². The topological polar surface area (TPSA) is 9.23 Å². The van der Waals surface area contributed by atoms with E-state index in [4.69, 9.17) is 4.74 Å². The van der Waals surface area contributed by atoms with E-state index in [0.717, 1.165) is 6.42 Å². The summed E-state index contributed by atoms with van der Waals surface area (Å²) >= 11 is 0. The Morgan fingerprint density at radius 3 is 3.00 bits per heavy atom. The van der Waals surface area contributed by atoms with Crippen molar-refractivity contribution in [1.29, 1.82) is 0 Å². The summed E-state index contributed by atoms with van der Waals surface area (Å²) in [7, 11) is 0. The van der Waals surface area contributed by atoms with Crippen molar-refractivity contribution >= 4 is 0 Å². The molecule has 0 bridgehead atoms. The summed E-state index contributed by atoms with van der Waals surface area (Å²) in [5.41, 5.74) is 2.48. The molecule has 0 rings (SSSR count). The highest BCUT2D eigenvalue weighted by Crippen LogP contribution is 1.80. The molecular weight excluding hydrogens is 100 g/mol. The molecule has 0 heterocycles. The van der Waals surface area contributed by atoms with E-state index in [1.54, 1.807) is 6.26 Å². The van der Waals surface area contributed by atoms with Gasteiger partial charge < -0.3 is 4.74 Å². The number of hydrogen-bond donors (Lipinski definition) is 0. The molecule has 44 valence electrons. The monoisotopic (exact) mass is 110 g/mol. The van der Waals surface area contributed by atoms with Crippen molar-refractivity contribution in [3.8, 4) is 0 Å². The molecule has 0 radical (unpaired) electrons. The lowest BCUT2D eigenvalue weighted by Gasteiger charge is -1.82. The molecule has 0 amide bonds. The van der Waals surface area contributed by atoms with E-state index < -0.39 is 0 Å². The second kappa shape index (κ2) is 6.06. The lowest BCUT2D eigenvalue weighted by molar-refractivity contribution is 0.402. The molecule has 0 aromatic carbocycles. The van der Waals surface area contributed by atoms with Crippen molar-refractivity contribution in [1.82, 2.24) is 0 Å². The van der Waals surface area contributed by atoms with E-state index in [1.165, 1.54) is 6.26 Å². The largest absolute Gasteiger partial charge is 0.465 e. The van der Waals surface area contributed by atoms with Gasteiger partial charge in [-0.2, -0.15) is 0 Å². The van der Waals surface area contributed by atoms with Gasteiger partial charge in [0.25, 0.3) is 0 Å². The van der Waals surface area contributed by atoms with E-state index in [2.05, 4.69) is 12.3 Å². The second-order valence-electron chi connectivity index (χ2n) is 1.24. The van der Waals surface area contributed by atoms with E-state index in [-0.39, 0.29) is 0 Å². The van der Waals surface area contributed by atoms with Crippen LogP contribution in [0.4, 0.5) is 0 Å². The lowest BCUT2D eigenvalue weighted by Crippen LogP contribution is -1.60. The Labute approximate surface area is 50.0 Å². The van der Waals surface area contributed by atoms with Crippen LogP contribution < -0.4 is 0 Å². The maximum Gasteiger partial charge on any atom is 0.132 e. The van der Waals surface area contributed by atoms with Crippen LogP contribution in [0.2, 0.25) is 0 Å². The minimum absolute atomic E-state index is 0.991. The molecule has 0 aliphatic carbocycles. The summed E-state index contributed by atoms with van der Waals surface area (Å²) in [6.07, 6.45) is 5.92. The Bertz CT molecular complexity index is 108. The first-order chi connectivity index (χ1) is 3.91. The zero-order valence-electron chi connectivity index (χ0n) is 5.05. The average molecular weight is 110 g/mol. The Hall–Kier alpha value is -0.940. The van der Waals surface area contributed by atoms with Gasteiger partial charge in [0, 0.05) is 0 Å². The zero-order valence-corrected chi connectivity index (χ0v) is 5.05. The van der Waals surface area contributed by atoms with Crippen LogP contribution in [-0.2, 0) is 4.74 Å². The van der Waals surface area contributed by atoms with Crippen LogP contribution in [0.25, 0.3) is 0 Å². The van der Waals surface area contributed by atoms with Gasteiger partial charge in [0.1, 0.15) is 6.26 Å². The first kappa shape index (κ1) is 7.06. The van der Waals surface area contributed by atoms with Gasteiger partial charge in [-0.15, -0.1) is 0 Å². The number of allylic oxidation sites excluding steroid dienone is 1. The third-order valence-electron chi connectivity index (χ3n) is 0.562. The van der Waals surface area contributed by atoms with Crippen molar-refractivity contribution in [3.05, 3.63) is 30.9 Å². The summed E-state index contributed by atoms with van der Waals surface area (Å²) in [5.74, 6) is 0. The van der Waals surface area contributed by atoms with E-state index in [0.29, 0.717) is 0 Å². The highest BCUT2D eigenvalue weighted by Gasteiger charge is 1.62. The maximum absolute atomic E-state index is 4.74. The number of hydrogen-bond acceptors (Lipinski definition) is 1. The molecule has 0 atom stereocenters. The van der Waals surface area contributed by atoms with Gasteiger partial charge in [0.15, 0.2) is 0 Å². The average Bonchev–Trinajstić information content (AvgIpc) is 1.81. The Morgan fingerprint density at radius 1 is 1.75 bits per heavy atom. The fraction of sp³-hybridized carbons (Fsp3) is 0.286. The Kier molecular flexibility index (Phi) is 5.35. The lowest BCUT2D eigenvalue weighted by atomic mass is 10.5. The van der Waals surface area contributed by atoms with Gasteiger partial charge in [0.2, 0.25) is 0 Å². The number of rotatable bonds is 3. The number of ether oxygens (including phenoxy) is 1. The van der Waals surface area contributed by atoms with Gasteiger partial charge in [-0.1, -0.05) is 19.2 Å². The van der Waals surface area contributed by atoms with Crippen LogP contribution in [0, 0.1) is 0 Å². The minimum Gasteiger partial charge on any atom is -0.465 e. The molecule has 0 spiro atoms. The molecule has 0 aromatic rings. The molecule has 0 N–H and O–H groups in total. The molecule has 0 saturated heterocycles. The fourth-order valence-corrected chi connectivity index (χ4v) is 0.239. The van der Waals surface area contributed by atoms with Crippen LogP contribution in [0.3, 0.4) is 0 Å². The molecule has 0 aromatic heterocycles. The molecule has 1 nitrogen and oxygen atoms in total. The predicted molar refractivity (Wildman–Crippen MR) is 34.2 cm³/mol. The van der Waals surface area contributed by atoms with Gasteiger partial charge in [-0.25, -0.2) is 0 Å². The van der Waals surface area contributed by atoms with Crippen molar-refractivity contribution < 1.29 is 4.74 Å².